The van der Waals surface area contributed by atoms with Crippen molar-refractivity contribution in [1.82, 2.24) is 5.32 Å². The Balaban J connectivity index is 1.41. The first kappa shape index (κ1) is 17.2. The maximum Gasteiger partial charge on any atom is 0.252 e. The molecule has 6 aliphatic rings. The molecule has 0 radical (unpaired) electrons. The van der Waals surface area contributed by atoms with E-state index in [-0.39, 0.29) is 23.1 Å². The summed E-state index contributed by atoms with van der Waals surface area (Å²) in [6, 6.07) is 0. The van der Waals surface area contributed by atoms with Gasteiger partial charge >= 0.3 is 0 Å². The molecule has 0 aromatic rings. The van der Waals surface area contributed by atoms with E-state index in [0.717, 1.165) is 48.3 Å². The quantitative estimate of drug-likeness (QED) is 0.806. The fraction of sp³-hybridized carbons (Fsp3) is 0.609. The summed E-state index contributed by atoms with van der Waals surface area (Å²) in [5.74, 6) is 2.61. The third-order valence-electron chi connectivity index (χ3n) is 7.41. The minimum atomic E-state index is -0.205. The number of aliphatic imine (C=N–C) groups is 1. The van der Waals surface area contributed by atoms with Gasteiger partial charge in [0.05, 0.1) is 11.1 Å². The number of carbonyl (C=O) groups excluding carboxylic acids is 2. The number of nitrogens with one attached hydrogen (secondary N) is 1. The summed E-state index contributed by atoms with van der Waals surface area (Å²) in [5, 5.41) is 2.94. The van der Waals surface area contributed by atoms with Crippen LogP contribution in [0.25, 0.3) is 0 Å². The second-order valence-corrected chi connectivity index (χ2v) is 9.76. The third-order valence-corrected chi connectivity index (χ3v) is 7.41. The van der Waals surface area contributed by atoms with Gasteiger partial charge in [-0.2, -0.15) is 0 Å². The van der Waals surface area contributed by atoms with Gasteiger partial charge in [-0.1, -0.05) is 19.9 Å². The van der Waals surface area contributed by atoms with Crippen LogP contribution in [0.2, 0.25) is 0 Å². The highest BCUT2D eigenvalue weighted by atomic mass is 16.2. The van der Waals surface area contributed by atoms with Gasteiger partial charge in [-0.3, -0.25) is 9.59 Å². The fourth-order valence-electron chi connectivity index (χ4n) is 6.62. The molecule has 142 valence electrons. The molecule has 1 N–H and O–H groups in total. The first-order valence-corrected chi connectivity index (χ1v) is 10.5. The van der Waals surface area contributed by atoms with Gasteiger partial charge in [0, 0.05) is 17.7 Å². The third kappa shape index (κ3) is 2.84. The molecule has 0 aromatic carbocycles. The van der Waals surface area contributed by atoms with E-state index in [9.17, 15) is 9.59 Å². The van der Waals surface area contributed by atoms with Crippen molar-refractivity contribution in [2.75, 3.05) is 0 Å². The zero-order valence-corrected chi connectivity index (χ0v) is 16.2. The van der Waals surface area contributed by atoms with E-state index < -0.39 is 0 Å². The van der Waals surface area contributed by atoms with Crippen LogP contribution in [0.1, 0.15) is 52.4 Å². The highest BCUT2D eigenvalue weighted by Crippen LogP contribution is 2.60. The number of fused-ring (bicyclic) bond motifs is 1. The predicted molar refractivity (Wildman–Crippen MR) is 105 cm³/mol. The average molecular weight is 364 g/mol. The van der Waals surface area contributed by atoms with Crippen molar-refractivity contribution in [3.05, 3.63) is 35.6 Å². The molecule has 1 heterocycles. The lowest BCUT2D eigenvalue weighted by Gasteiger charge is -2.55. The Hall–Kier alpha value is -1.97. The Bertz CT molecular complexity index is 792. The van der Waals surface area contributed by atoms with Crippen LogP contribution in [-0.2, 0) is 9.59 Å². The number of carbonyl (C=O) groups is 2. The smallest absolute Gasteiger partial charge is 0.252 e. The first-order chi connectivity index (χ1) is 12.9. The summed E-state index contributed by atoms with van der Waals surface area (Å²) in [5.41, 5.74) is 2.45. The molecule has 1 unspecified atom stereocenters. The largest absolute Gasteiger partial charge is 0.325 e. The second kappa shape index (κ2) is 6.02. The lowest BCUT2D eigenvalue weighted by molar-refractivity contribution is -0.142. The number of hydrogen-bond acceptors (Lipinski definition) is 2. The van der Waals surface area contributed by atoms with Gasteiger partial charge in [-0.25, -0.2) is 4.99 Å². The molecule has 4 bridgehead atoms. The van der Waals surface area contributed by atoms with Gasteiger partial charge in [0.1, 0.15) is 0 Å². The summed E-state index contributed by atoms with van der Waals surface area (Å²) in [7, 11) is 0. The minimum absolute atomic E-state index is 0.0803. The van der Waals surface area contributed by atoms with Crippen molar-refractivity contribution in [2.45, 2.75) is 52.4 Å². The summed E-state index contributed by atoms with van der Waals surface area (Å²) >= 11 is 0. The van der Waals surface area contributed by atoms with Gasteiger partial charge in [0.15, 0.2) is 0 Å². The van der Waals surface area contributed by atoms with Gasteiger partial charge in [-0.05, 0) is 79.9 Å². The monoisotopic (exact) mass is 364 g/mol. The summed E-state index contributed by atoms with van der Waals surface area (Å²) in [6.45, 7) is 4.21. The molecule has 4 nitrogen and oxygen atoms in total. The number of rotatable bonds is 2. The van der Waals surface area contributed by atoms with E-state index in [0.29, 0.717) is 11.6 Å². The van der Waals surface area contributed by atoms with E-state index in [1.807, 2.05) is 12.2 Å². The topological polar surface area (TPSA) is 58.5 Å². The Morgan fingerprint density at radius 1 is 1.11 bits per heavy atom. The Morgan fingerprint density at radius 3 is 2.33 bits per heavy atom. The highest BCUT2D eigenvalue weighted by Gasteiger charge is 2.54. The molecular formula is C23H28N2O2. The lowest BCUT2D eigenvalue weighted by atomic mass is 9.49. The standard InChI is InChI=1S/C23H28N2O2/c1-13(2)19-9-21(26)25-20-8-17(3-4-18(19)20)24-22(27)23-10-14-5-15(11-23)7-16(6-14)12-23/h3-4,8-9,13-16,18H,5-7,10-12H2,1-2H3,(H,25,26). The van der Waals surface area contributed by atoms with Crippen LogP contribution in [0.15, 0.2) is 40.6 Å². The van der Waals surface area contributed by atoms with Crippen molar-refractivity contribution in [3.63, 3.8) is 0 Å². The molecule has 6 rings (SSSR count). The SMILES string of the molecule is CC(C)C1=CC(=O)NC2=CC(=NC(=O)C34CC5CC(CC(C5)C3)C4)C=CC21. The second-order valence-electron chi connectivity index (χ2n) is 9.76. The Kier molecular flexibility index (Phi) is 3.82. The fourth-order valence-corrected chi connectivity index (χ4v) is 6.62. The molecule has 2 amide bonds. The summed E-state index contributed by atoms with van der Waals surface area (Å²) < 4.78 is 0. The van der Waals surface area contributed by atoms with E-state index in [4.69, 9.17) is 0 Å². The molecule has 0 spiro atoms. The van der Waals surface area contributed by atoms with Crippen LogP contribution in [0.5, 0.6) is 0 Å². The van der Waals surface area contributed by atoms with Crippen LogP contribution in [0, 0.1) is 35.0 Å². The van der Waals surface area contributed by atoms with E-state index >= 15 is 0 Å². The van der Waals surface area contributed by atoms with Crippen molar-refractivity contribution >= 4 is 17.5 Å². The van der Waals surface area contributed by atoms with Crippen LogP contribution in [-0.4, -0.2) is 17.5 Å². The number of amides is 2. The average Bonchev–Trinajstić information content (AvgIpc) is 2.59. The molecule has 27 heavy (non-hydrogen) atoms. The van der Waals surface area contributed by atoms with Gasteiger partial charge < -0.3 is 5.32 Å². The Labute approximate surface area is 160 Å². The van der Waals surface area contributed by atoms with Gasteiger partial charge in [-0.15, -0.1) is 0 Å². The highest BCUT2D eigenvalue weighted by molar-refractivity contribution is 6.12. The van der Waals surface area contributed by atoms with Crippen molar-refractivity contribution in [3.8, 4) is 0 Å². The summed E-state index contributed by atoms with van der Waals surface area (Å²) in [4.78, 5) is 29.8. The molecule has 0 saturated heterocycles. The molecular weight excluding hydrogens is 336 g/mol. The lowest BCUT2D eigenvalue weighted by Crippen LogP contribution is -2.49. The van der Waals surface area contributed by atoms with Crippen LogP contribution in [0.3, 0.4) is 0 Å². The molecule has 1 atom stereocenters. The molecule has 4 fully saturated rings. The van der Waals surface area contributed by atoms with E-state index in [1.165, 1.54) is 19.3 Å². The predicted octanol–water partition coefficient (Wildman–Crippen LogP) is 3.95. The van der Waals surface area contributed by atoms with Crippen LogP contribution in [0.4, 0.5) is 0 Å². The number of hydrogen-bond donors (Lipinski definition) is 1. The maximum absolute atomic E-state index is 13.2. The van der Waals surface area contributed by atoms with Gasteiger partial charge in [0.25, 0.3) is 5.91 Å². The molecule has 5 aliphatic carbocycles. The molecule has 1 aliphatic heterocycles. The minimum Gasteiger partial charge on any atom is -0.325 e. The normalized spacial score (nSPS) is 40.7. The molecule has 4 saturated carbocycles. The zero-order valence-electron chi connectivity index (χ0n) is 16.2. The van der Waals surface area contributed by atoms with Crippen LogP contribution >= 0.6 is 0 Å². The van der Waals surface area contributed by atoms with Crippen molar-refractivity contribution in [2.24, 2.45) is 40.0 Å². The summed E-state index contributed by atoms with van der Waals surface area (Å²) in [6.07, 6.45) is 14.7. The van der Waals surface area contributed by atoms with Gasteiger partial charge in [0.2, 0.25) is 5.91 Å². The van der Waals surface area contributed by atoms with Crippen molar-refractivity contribution in [1.29, 1.82) is 0 Å². The Morgan fingerprint density at radius 2 is 1.74 bits per heavy atom. The van der Waals surface area contributed by atoms with Crippen LogP contribution < -0.4 is 5.32 Å². The first-order valence-electron chi connectivity index (χ1n) is 10.5. The van der Waals surface area contributed by atoms with E-state index in [2.05, 4.69) is 30.2 Å². The number of nitrogens with zero attached hydrogens (tertiary/aromatic N) is 1. The molecule has 4 heteroatoms. The zero-order chi connectivity index (χ0) is 18.8. The van der Waals surface area contributed by atoms with Crippen molar-refractivity contribution < 1.29 is 9.59 Å². The molecule has 0 aromatic heterocycles. The van der Waals surface area contributed by atoms with E-state index in [1.54, 1.807) is 6.08 Å². The number of allylic oxidation sites excluding steroid dienone is 3. The maximum atomic E-state index is 13.2.